The van der Waals surface area contributed by atoms with Crippen LogP contribution in [0.2, 0.25) is 0 Å². The molecule has 37 heavy (non-hydrogen) atoms. The van der Waals surface area contributed by atoms with Gasteiger partial charge >= 0.3 is 5.97 Å². The van der Waals surface area contributed by atoms with Crippen LogP contribution in [0.5, 0.6) is 0 Å². The number of hydrogen-bond acceptors (Lipinski definition) is 8. The molecule has 0 saturated carbocycles. The molecule has 2 aliphatic heterocycles. The van der Waals surface area contributed by atoms with Crippen LogP contribution in [0.15, 0.2) is 57.2 Å². The maximum Gasteiger partial charge on any atom is 0.338 e. The van der Waals surface area contributed by atoms with Crippen LogP contribution in [-0.4, -0.2) is 49.7 Å². The summed E-state index contributed by atoms with van der Waals surface area (Å²) < 4.78 is 19.5. The molecule has 0 unspecified atom stereocenters. The molecule has 0 spiro atoms. The van der Waals surface area contributed by atoms with Gasteiger partial charge in [0.15, 0.2) is 10.8 Å². The Balaban J connectivity index is 1.43. The predicted molar refractivity (Wildman–Crippen MR) is 148 cm³/mol. The van der Waals surface area contributed by atoms with Crippen LogP contribution in [0.3, 0.4) is 0 Å². The Morgan fingerprint density at radius 1 is 0.973 bits per heavy atom. The van der Waals surface area contributed by atoms with Gasteiger partial charge in [0.25, 0.3) is 0 Å². The number of ether oxygens (including phenoxy) is 3. The maximum atomic E-state index is 13.2. The summed E-state index contributed by atoms with van der Waals surface area (Å²) in [6, 6.07) is 12.6. The van der Waals surface area contributed by atoms with E-state index < -0.39 is 11.4 Å². The van der Waals surface area contributed by atoms with E-state index in [0.717, 1.165) is 9.40 Å². The first-order valence-electron chi connectivity index (χ1n) is 12.7. The zero-order chi connectivity index (χ0) is 26.3. The average Bonchev–Trinajstić information content (AvgIpc) is 3.58. The van der Waals surface area contributed by atoms with Gasteiger partial charge in [-0.25, -0.2) is 14.8 Å². The molecule has 2 aromatic carbocycles. The van der Waals surface area contributed by atoms with Crippen molar-refractivity contribution in [3.63, 3.8) is 0 Å². The van der Waals surface area contributed by atoms with Crippen LogP contribution in [0, 0.1) is 17.3 Å². The van der Waals surface area contributed by atoms with Crippen molar-refractivity contribution in [2.24, 2.45) is 27.2 Å². The smallest absolute Gasteiger partial charge is 0.338 e. The molecule has 0 bridgehead atoms. The summed E-state index contributed by atoms with van der Waals surface area (Å²) in [5.41, 5.74) is -0.589. The quantitative estimate of drug-likeness (QED) is 0.304. The highest BCUT2D eigenvalue weighted by Crippen LogP contribution is 2.33. The van der Waals surface area contributed by atoms with E-state index in [2.05, 4.69) is 27.7 Å². The molecule has 8 heteroatoms. The molecule has 5 rings (SSSR count). The van der Waals surface area contributed by atoms with E-state index in [4.69, 9.17) is 24.2 Å². The van der Waals surface area contributed by atoms with Gasteiger partial charge in [0.05, 0.1) is 17.6 Å². The molecular formula is C29H32N2O5S. The number of carbonyl (C=O) groups is 1. The molecule has 0 aliphatic carbocycles. The van der Waals surface area contributed by atoms with Crippen molar-refractivity contribution in [2.75, 3.05) is 19.8 Å². The second kappa shape index (κ2) is 9.89. The third kappa shape index (κ3) is 4.75. The summed E-state index contributed by atoms with van der Waals surface area (Å²) in [5, 5.41) is 1.27. The van der Waals surface area contributed by atoms with E-state index in [9.17, 15) is 9.59 Å². The lowest BCUT2D eigenvalue weighted by Crippen LogP contribution is -2.42. The third-order valence-electron chi connectivity index (χ3n) is 7.14. The third-order valence-corrected chi connectivity index (χ3v) is 8.27. The molecule has 0 fully saturated rings. The first-order valence-corrected chi connectivity index (χ1v) is 13.5. The van der Waals surface area contributed by atoms with Crippen LogP contribution < -0.4 is 5.43 Å². The molecule has 0 amide bonds. The second-order valence-corrected chi connectivity index (χ2v) is 11.7. The number of hydrogen-bond donors (Lipinski definition) is 0. The Kier molecular flexibility index (Phi) is 6.79. The van der Waals surface area contributed by atoms with Gasteiger partial charge in [0, 0.05) is 20.2 Å². The molecule has 0 saturated heterocycles. The maximum absolute atomic E-state index is 13.2. The summed E-state index contributed by atoms with van der Waals surface area (Å²) in [6.07, 6.45) is 0. The fourth-order valence-electron chi connectivity index (χ4n) is 4.50. The Hall–Kier alpha value is -3.26. The second-order valence-electron chi connectivity index (χ2n) is 10.7. The minimum atomic E-state index is -0.930. The summed E-state index contributed by atoms with van der Waals surface area (Å²) in [5.74, 6) is 1.13. The summed E-state index contributed by atoms with van der Waals surface area (Å²) in [4.78, 5) is 35.7. The Morgan fingerprint density at radius 2 is 1.57 bits per heavy atom. The van der Waals surface area contributed by atoms with Crippen molar-refractivity contribution in [3.8, 4) is 0 Å². The lowest BCUT2D eigenvalue weighted by atomic mass is 9.90. The highest BCUT2D eigenvalue weighted by Gasteiger charge is 2.47. The molecule has 2 aliphatic rings. The van der Waals surface area contributed by atoms with Gasteiger partial charge in [-0.15, -0.1) is 11.3 Å². The number of esters is 1. The zero-order valence-corrected chi connectivity index (χ0v) is 22.6. The number of rotatable bonds is 7. The molecular weight excluding hydrogens is 488 g/mol. The van der Waals surface area contributed by atoms with E-state index >= 15 is 0 Å². The van der Waals surface area contributed by atoms with Crippen LogP contribution >= 0.6 is 11.3 Å². The van der Waals surface area contributed by atoms with Gasteiger partial charge in [-0.3, -0.25) is 4.79 Å². The highest BCUT2D eigenvalue weighted by molar-refractivity contribution is 7.24. The summed E-state index contributed by atoms with van der Waals surface area (Å²) in [7, 11) is 0. The van der Waals surface area contributed by atoms with Crippen LogP contribution in [0.25, 0.3) is 20.2 Å². The lowest BCUT2D eigenvalue weighted by Gasteiger charge is -2.27. The number of aliphatic imine (C=N–C) groups is 2. The summed E-state index contributed by atoms with van der Waals surface area (Å²) in [6.45, 7) is 11.3. The molecule has 3 heterocycles. The molecule has 194 valence electrons. The minimum Gasteiger partial charge on any atom is -0.478 e. The molecule has 1 aromatic heterocycles. The van der Waals surface area contributed by atoms with E-state index in [0.29, 0.717) is 53.2 Å². The number of fused-ring (bicyclic) bond motifs is 2. The molecule has 2 atom stereocenters. The SMILES string of the molecule is CC(C)[C@H]1COC(C(C)(COC(=O)c2ccc3c(=O)c4ccccc4sc3c2)C2=N[C@@H](C(C)C)CO2)=N1. The van der Waals surface area contributed by atoms with Gasteiger partial charge in [0.1, 0.15) is 19.8 Å². The van der Waals surface area contributed by atoms with Crippen molar-refractivity contribution < 1.29 is 19.0 Å². The zero-order valence-electron chi connectivity index (χ0n) is 21.8. The normalized spacial score (nSPS) is 19.8. The highest BCUT2D eigenvalue weighted by atomic mass is 32.1. The number of benzene rings is 2. The molecule has 0 N–H and O–H groups in total. The van der Waals surface area contributed by atoms with Gasteiger partial charge in [-0.1, -0.05) is 39.8 Å². The molecule has 7 nitrogen and oxygen atoms in total. The van der Waals surface area contributed by atoms with Crippen molar-refractivity contribution in [2.45, 2.75) is 46.7 Å². The summed E-state index contributed by atoms with van der Waals surface area (Å²) >= 11 is 1.48. The van der Waals surface area contributed by atoms with Crippen molar-refractivity contribution in [1.82, 2.24) is 0 Å². The van der Waals surface area contributed by atoms with Gasteiger partial charge in [-0.05, 0) is 49.1 Å². The van der Waals surface area contributed by atoms with E-state index in [1.807, 2.05) is 31.2 Å². The van der Waals surface area contributed by atoms with E-state index in [1.54, 1.807) is 18.2 Å². The van der Waals surface area contributed by atoms with E-state index in [1.165, 1.54) is 11.3 Å². The first kappa shape index (κ1) is 25.4. The number of carbonyl (C=O) groups excluding carboxylic acids is 1. The minimum absolute atomic E-state index is 0.0227. The fraction of sp³-hybridized carbons (Fsp3) is 0.448. The topological polar surface area (TPSA) is 86.6 Å². The average molecular weight is 521 g/mol. The molecule has 3 aromatic rings. The van der Waals surface area contributed by atoms with Crippen LogP contribution in [0.1, 0.15) is 45.0 Å². The predicted octanol–water partition coefficient (Wildman–Crippen LogP) is 5.48. The van der Waals surface area contributed by atoms with Gasteiger partial charge in [0.2, 0.25) is 11.8 Å². The largest absolute Gasteiger partial charge is 0.478 e. The molecule has 0 radical (unpaired) electrons. The standard InChI is InChI=1S/C29H32N2O5S/c1-16(2)21-13-34-27(30-21)29(5,28-31-22(14-35-28)17(3)4)15-36-26(33)18-10-11-20-24(12-18)37-23-9-7-6-8-19(23)25(20)32/h6-12,16-17,21-22H,13-15H2,1-5H3/t21-,22-/m1/s1. The van der Waals surface area contributed by atoms with Gasteiger partial charge in [-0.2, -0.15) is 0 Å². The number of nitrogens with zero attached hydrogens (tertiary/aromatic N) is 2. The van der Waals surface area contributed by atoms with Crippen molar-refractivity contribution >= 4 is 49.3 Å². The van der Waals surface area contributed by atoms with Crippen LogP contribution in [0.4, 0.5) is 0 Å². The van der Waals surface area contributed by atoms with E-state index in [-0.39, 0.29) is 24.1 Å². The first-order chi connectivity index (χ1) is 17.7. The van der Waals surface area contributed by atoms with Crippen molar-refractivity contribution in [3.05, 3.63) is 58.3 Å². The Morgan fingerprint density at radius 3 is 2.16 bits per heavy atom. The Bertz CT molecular complexity index is 1440. The monoisotopic (exact) mass is 520 g/mol. The Labute approximate surface area is 220 Å². The van der Waals surface area contributed by atoms with Crippen molar-refractivity contribution in [1.29, 1.82) is 0 Å². The van der Waals surface area contributed by atoms with Gasteiger partial charge < -0.3 is 14.2 Å². The lowest BCUT2D eigenvalue weighted by molar-refractivity contribution is 0.0423. The van der Waals surface area contributed by atoms with Crippen LogP contribution in [-0.2, 0) is 14.2 Å². The fourth-order valence-corrected chi connectivity index (χ4v) is 5.61.